The first-order chi connectivity index (χ1) is 7.06. The Balaban J connectivity index is 2.85. The molecule has 0 bridgehead atoms. The van der Waals surface area contributed by atoms with Crippen molar-refractivity contribution in [3.8, 4) is 5.75 Å². The normalized spacial score (nSPS) is 12.0. The summed E-state index contributed by atoms with van der Waals surface area (Å²) in [6.07, 6.45) is -0.757. The quantitative estimate of drug-likeness (QED) is 0.487. The fourth-order valence-corrected chi connectivity index (χ4v) is 1.43. The van der Waals surface area contributed by atoms with Gasteiger partial charge in [-0.25, -0.2) is 5.84 Å². The minimum atomic E-state index is -0.757. The van der Waals surface area contributed by atoms with E-state index in [4.69, 9.17) is 33.8 Å². The van der Waals surface area contributed by atoms with Gasteiger partial charge in [0.05, 0.1) is 10.0 Å². The maximum Gasteiger partial charge on any atom is 0.274 e. The first-order valence-corrected chi connectivity index (χ1v) is 4.93. The van der Waals surface area contributed by atoms with E-state index in [1.165, 1.54) is 0 Å². The van der Waals surface area contributed by atoms with Crippen LogP contribution in [0.5, 0.6) is 5.75 Å². The Kier molecular flexibility index (Phi) is 4.20. The van der Waals surface area contributed by atoms with Gasteiger partial charge in [-0.2, -0.15) is 0 Å². The lowest BCUT2D eigenvalue weighted by atomic mass is 10.3. The largest absolute Gasteiger partial charge is 0.478 e. The Labute approximate surface area is 97.3 Å². The van der Waals surface area contributed by atoms with Gasteiger partial charge in [0.2, 0.25) is 0 Å². The fourth-order valence-electron chi connectivity index (χ4n) is 0.943. The maximum absolute atomic E-state index is 11.1. The number of hydrogen-bond acceptors (Lipinski definition) is 3. The molecular formula is C9H10Cl2N2O2. The van der Waals surface area contributed by atoms with Crippen LogP contribution in [0.2, 0.25) is 10.0 Å². The van der Waals surface area contributed by atoms with Gasteiger partial charge in [0.1, 0.15) is 0 Å². The fraction of sp³-hybridized carbons (Fsp3) is 0.222. The number of nitrogens with one attached hydrogen (secondary N) is 1. The summed E-state index contributed by atoms with van der Waals surface area (Å²) in [5, 5.41) is 0.693. The second-order valence-corrected chi connectivity index (χ2v) is 3.63. The summed E-state index contributed by atoms with van der Waals surface area (Å²) in [6.45, 7) is 1.54. The molecule has 0 saturated carbocycles. The molecule has 0 aromatic heterocycles. The van der Waals surface area contributed by atoms with Gasteiger partial charge in [-0.05, 0) is 19.1 Å². The summed E-state index contributed by atoms with van der Waals surface area (Å²) < 4.78 is 5.27. The first-order valence-electron chi connectivity index (χ1n) is 4.17. The molecule has 6 heteroatoms. The van der Waals surface area contributed by atoms with Crippen LogP contribution < -0.4 is 16.0 Å². The van der Waals surface area contributed by atoms with E-state index in [0.29, 0.717) is 10.0 Å². The van der Waals surface area contributed by atoms with Crippen molar-refractivity contribution >= 4 is 29.1 Å². The Bertz CT molecular complexity index is 351. The third-order valence-corrected chi connectivity index (χ3v) is 2.32. The molecule has 0 saturated heterocycles. The molecule has 1 rings (SSSR count). The van der Waals surface area contributed by atoms with Crippen molar-refractivity contribution < 1.29 is 9.53 Å². The Hall–Kier alpha value is -0.970. The summed E-state index contributed by atoms with van der Waals surface area (Å²) in [5.74, 6) is 4.78. The van der Waals surface area contributed by atoms with Crippen LogP contribution in [0.25, 0.3) is 0 Å². The summed E-state index contributed by atoms with van der Waals surface area (Å²) in [7, 11) is 0. The number of nitrogens with two attached hydrogens (primary N) is 1. The topological polar surface area (TPSA) is 64.3 Å². The molecule has 1 amide bonds. The SMILES string of the molecule is CC(Oc1c(Cl)cccc1Cl)C(=O)NN. The number of amides is 1. The third-order valence-electron chi connectivity index (χ3n) is 1.73. The average Bonchev–Trinajstić information content (AvgIpc) is 2.22. The molecule has 1 aromatic carbocycles. The summed E-state index contributed by atoms with van der Waals surface area (Å²) >= 11 is 11.7. The van der Waals surface area contributed by atoms with Gasteiger partial charge in [0.25, 0.3) is 5.91 Å². The molecule has 0 aliphatic heterocycles. The number of hydrazine groups is 1. The van der Waals surface area contributed by atoms with Crippen LogP contribution in [0, 0.1) is 0 Å². The number of carbonyl (C=O) groups is 1. The van der Waals surface area contributed by atoms with Crippen molar-refractivity contribution in [2.24, 2.45) is 5.84 Å². The molecule has 1 atom stereocenters. The number of ether oxygens (including phenoxy) is 1. The average molecular weight is 249 g/mol. The van der Waals surface area contributed by atoms with E-state index < -0.39 is 12.0 Å². The van der Waals surface area contributed by atoms with Crippen molar-refractivity contribution in [3.05, 3.63) is 28.2 Å². The monoisotopic (exact) mass is 248 g/mol. The van der Waals surface area contributed by atoms with Gasteiger partial charge in [0.15, 0.2) is 11.9 Å². The Morgan fingerprint density at radius 1 is 1.47 bits per heavy atom. The van der Waals surface area contributed by atoms with E-state index in [-0.39, 0.29) is 5.75 Å². The van der Waals surface area contributed by atoms with E-state index in [9.17, 15) is 4.79 Å². The zero-order valence-corrected chi connectivity index (χ0v) is 9.47. The van der Waals surface area contributed by atoms with Gasteiger partial charge in [0, 0.05) is 0 Å². The molecular weight excluding hydrogens is 239 g/mol. The van der Waals surface area contributed by atoms with Crippen molar-refractivity contribution in [3.63, 3.8) is 0 Å². The standard InChI is InChI=1S/C9H10Cl2N2O2/c1-5(9(14)13-12)15-8-6(10)3-2-4-7(8)11/h2-5H,12H2,1H3,(H,13,14). The molecule has 0 fully saturated rings. The number of hydrogen-bond donors (Lipinski definition) is 2. The Morgan fingerprint density at radius 3 is 2.47 bits per heavy atom. The van der Waals surface area contributed by atoms with Crippen LogP contribution in [-0.4, -0.2) is 12.0 Å². The second-order valence-electron chi connectivity index (χ2n) is 2.82. The smallest absolute Gasteiger partial charge is 0.274 e. The minimum Gasteiger partial charge on any atom is -0.478 e. The Morgan fingerprint density at radius 2 is 2.00 bits per heavy atom. The first kappa shape index (κ1) is 12.1. The molecule has 4 nitrogen and oxygen atoms in total. The molecule has 0 radical (unpaired) electrons. The van der Waals surface area contributed by atoms with Crippen molar-refractivity contribution in [2.75, 3.05) is 0 Å². The summed E-state index contributed by atoms with van der Waals surface area (Å²) in [4.78, 5) is 11.1. The van der Waals surface area contributed by atoms with E-state index in [0.717, 1.165) is 0 Å². The van der Waals surface area contributed by atoms with Crippen molar-refractivity contribution in [1.82, 2.24) is 5.43 Å². The zero-order valence-electron chi connectivity index (χ0n) is 7.96. The van der Waals surface area contributed by atoms with Crippen molar-refractivity contribution in [2.45, 2.75) is 13.0 Å². The number of rotatable bonds is 3. The summed E-state index contributed by atoms with van der Waals surface area (Å²) in [5.41, 5.74) is 1.97. The molecule has 1 unspecified atom stereocenters. The highest BCUT2D eigenvalue weighted by molar-refractivity contribution is 6.37. The van der Waals surface area contributed by atoms with Crippen LogP contribution in [0.1, 0.15) is 6.92 Å². The molecule has 0 spiro atoms. The highest BCUT2D eigenvalue weighted by Gasteiger charge is 2.16. The number of halogens is 2. The van der Waals surface area contributed by atoms with Crippen LogP contribution in [0.15, 0.2) is 18.2 Å². The van der Waals surface area contributed by atoms with Crippen LogP contribution in [0.4, 0.5) is 0 Å². The van der Waals surface area contributed by atoms with Gasteiger partial charge < -0.3 is 4.74 Å². The number of carbonyl (C=O) groups excluding carboxylic acids is 1. The van der Waals surface area contributed by atoms with Gasteiger partial charge >= 0.3 is 0 Å². The molecule has 0 aliphatic rings. The third kappa shape index (κ3) is 2.99. The maximum atomic E-state index is 11.1. The highest BCUT2D eigenvalue weighted by atomic mass is 35.5. The van der Waals surface area contributed by atoms with Gasteiger partial charge in [-0.15, -0.1) is 0 Å². The zero-order chi connectivity index (χ0) is 11.4. The number of para-hydroxylation sites is 1. The lowest BCUT2D eigenvalue weighted by Gasteiger charge is -2.14. The second kappa shape index (κ2) is 5.21. The number of benzene rings is 1. The van der Waals surface area contributed by atoms with E-state index in [2.05, 4.69) is 0 Å². The van der Waals surface area contributed by atoms with Crippen LogP contribution in [0.3, 0.4) is 0 Å². The molecule has 15 heavy (non-hydrogen) atoms. The van der Waals surface area contributed by atoms with Gasteiger partial charge in [-0.1, -0.05) is 29.3 Å². The minimum absolute atomic E-state index is 0.275. The van der Waals surface area contributed by atoms with Crippen LogP contribution >= 0.6 is 23.2 Å². The lowest BCUT2D eigenvalue weighted by molar-refractivity contribution is -0.127. The molecule has 0 aliphatic carbocycles. The van der Waals surface area contributed by atoms with Crippen molar-refractivity contribution in [1.29, 1.82) is 0 Å². The van der Waals surface area contributed by atoms with E-state index >= 15 is 0 Å². The molecule has 3 N–H and O–H groups in total. The van der Waals surface area contributed by atoms with Crippen LogP contribution in [-0.2, 0) is 4.79 Å². The predicted molar refractivity (Wildman–Crippen MR) is 58.9 cm³/mol. The lowest BCUT2D eigenvalue weighted by Crippen LogP contribution is -2.40. The predicted octanol–water partition coefficient (Wildman–Crippen LogP) is 1.75. The molecule has 0 heterocycles. The molecule has 82 valence electrons. The van der Waals surface area contributed by atoms with E-state index in [1.54, 1.807) is 25.1 Å². The van der Waals surface area contributed by atoms with Gasteiger partial charge in [-0.3, -0.25) is 10.2 Å². The highest BCUT2D eigenvalue weighted by Crippen LogP contribution is 2.32. The summed E-state index contributed by atoms with van der Waals surface area (Å²) in [6, 6.07) is 4.93. The van der Waals surface area contributed by atoms with E-state index in [1.807, 2.05) is 5.43 Å². The molecule has 1 aromatic rings.